The monoisotopic (exact) mass is 490 g/mol. The number of aryl methyl sites for hydroxylation is 1. The van der Waals surface area contributed by atoms with Gasteiger partial charge in [-0.25, -0.2) is 9.83 Å². The van der Waals surface area contributed by atoms with Crippen LogP contribution in [0.15, 0.2) is 48.8 Å². The highest BCUT2D eigenvalue weighted by Gasteiger charge is 2.33. The summed E-state index contributed by atoms with van der Waals surface area (Å²) in [6.45, 7) is 7.81. The number of carbonyl (C=O) groups is 2. The maximum atomic E-state index is 13.5. The summed E-state index contributed by atoms with van der Waals surface area (Å²) in [4.78, 5) is 35.1. The van der Waals surface area contributed by atoms with Crippen LogP contribution >= 0.6 is 0 Å². The molecular formula is C28H22N6O3. The van der Waals surface area contributed by atoms with Crippen molar-refractivity contribution in [1.29, 1.82) is 0 Å². The summed E-state index contributed by atoms with van der Waals surface area (Å²) in [7, 11) is 3.36. The van der Waals surface area contributed by atoms with E-state index in [9.17, 15) is 9.59 Å². The number of rotatable bonds is 6. The molecule has 0 atom stereocenters. The smallest absolute Gasteiger partial charge is 0.260 e. The van der Waals surface area contributed by atoms with Crippen LogP contribution in [-0.4, -0.2) is 39.1 Å². The molecule has 0 radical (unpaired) electrons. The Morgan fingerprint density at radius 2 is 1.95 bits per heavy atom. The molecule has 37 heavy (non-hydrogen) atoms. The van der Waals surface area contributed by atoms with Crippen molar-refractivity contribution in [3.8, 4) is 28.3 Å². The number of ether oxygens (including phenoxy) is 1. The Balaban J connectivity index is 1.48. The van der Waals surface area contributed by atoms with Crippen LogP contribution in [0, 0.1) is 6.57 Å². The maximum Gasteiger partial charge on any atom is 0.260 e. The minimum absolute atomic E-state index is 0.205. The van der Waals surface area contributed by atoms with E-state index in [0.717, 1.165) is 40.8 Å². The first-order valence-electron chi connectivity index (χ1n) is 11.9. The van der Waals surface area contributed by atoms with Crippen LogP contribution in [0.25, 0.3) is 27.4 Å². The molecule has 182 valence electrons. The van der Waals surface area contributed by atoms with Gasteiger partial charge >= 0.3 is 0 Å². The van der Waals surface area contributed by atoms with Gasteiger partial charge in [-0.2, -0.15) is 0 Å². The van der Waals surface area contributed by atoms with Gasteiger partial charge in [0.15, 0.2) is 17.8 Å². The lowest BCUT2D eigenvalue weighted by molar-refractivity contribution is 0.0996. The molecule has 0 saturated heterocycles. The first-order valence-corrected chi connectivity index (χ1v) is 11.9. The van der Waals surface area contributed by atoms with Crippen LogP contribution in [0.3, 0.4) is 0 Å². The molecule has 1 aliphatic carbocycles. The van der Waals surface area contributed by atoms with Crippen molar-refractivity contribution in [2.45, 2.75) is 25.3 Å². The first-order chi connectivity index (χ1) is 18.0. The number of amides is 1. The summed E-state index contributed by atoms with van der Waals surface area (Å²) < 4.78 is 7.15. The second-order valence-electron chi connectivity index (χ2n) is 9.28. The minimum Gasteiger partial charge on any atom is -0.496 e. The number of nitrogens with zero attached hydrogens (tertiary/aromatic N) is 6. The molecule has 1 saturated carbocycles. The number of aldehydes is 1. The summed E-state index contributed by atoms with van der Waals surface area (Å²) >= 11 is 0. The number of anilines is 1. The molecule has 9 heteroatoms. The zero-order valence-electron chi connectivity index (χ0n) is 20.3. The normalized spacial score (nSPS) is 14.4. The second kappa shape index (κ2) is 8.68. The molecule has 4 aromatic rings. The van der Waals surface area contributed by atoms with E-state index in [1.165, 1.54) is 7.11 Å². The lowest BCUT2D eigenvalue weighted by atomic mass is 9.97. The third-order valence-corrected chi connectivity index (χ3v) is 6.89. The predicted molar refractivity (Wildman–Crippen MR) is 137 cm³/mol. The summed E-state index contributed by atoms with van der Waals surface area (Å²) in [5.41, 5.74) is 5.58. The number of pyridine rings is 1. The van der Waals surface area contributed by atoms with Crippen molar-refractivity contribution in [3.05, 3.63) is 82.6 Å². The Bertz CT molecular complexity index is 1630. The molecular weight excluding hydrogens is 468 g/mol. The molecule has 2 aliphatic rings. The summed E-state index contributed by atoms with van der Waals surface area (Å²) in [6.07, 6.45) is 4.42. The first kappa shape index (κ1) is 22.6. The van der Waals surface area contributed by atoms with Gasteiger partial charge in [0.1, 0.15) is 17.9 Å². The summed E-state index contributed by atoms with van der Waals surface area (Å²) in [5, 5.41) is 8.30. The van der Waals surface area contributed by atoms with Gasteiger partial charge in [0.25, 0.3) is 5.91 Å². The molecule has 0 bridgehead atoms. The Hall–Kier alpha value is -4.84. The van der Waals surface area contributed by atoms with E-state index in [4.69, 9.17) is 16.3 Å². The van der Waals surface area contributed by atoms with Gasteiger partial charge in [0.2, 0.25) is 0 Å². The lowest BCUT2D eigenvalue weighted by Crippen LogP contribution is -2.24. The fourth-order valence-corrected chi connectivity index (χ4v) is 4.79. The van der Waals surface area contributed by atoms with E-state index < -0.39 is 0 Å². The topological polar surface area (TPSA) is 94.6 Å². The predicted octanol–water partition coefficient (Wildman–Crippen LogP) is 4.95. The van der Waals surface area contributed by atoms with E-state index in [1.54, 1.807) is 29.4 Å². The third-order valence-electron chi connectivity index (χ3n) is 6.89. The standard InChI is InChI=1S/C28H22N6O3/c1-29-20-6-7-21(23(12-20)27-32-30-15-33(27)2)17-9-24(16-4-5-16)31-26(11-17)34-13-18-10-25(37-3)19(14-35)8-22(18)28(34)36/h6-12,14-16H,4-5,13H2,2-3H3. The van der Waals surface area contributed by atoms with Crippen molar-refractivity contribution in [2.24, 2.45) is 7.05 Å². The second-order valence-corrected chi connectivity index (χ2v) is 9.28. The fourth-order valence-electron chi connectivity index (χ4n) is 4.79. The van der Waals surface area contributed by atoms with Gasteiger partial charge in [0.05, 0.1) is 25.8 Å². The largest absolute Gasteiger partial charge is 0.496 e. The van der Waals surface area contributed by atoms with Crippen LogP contribution < -0.4 is 9.64 Å². The van der Waals surface area contributed by atoms with Crippen molar-refractivity contribution >= 4 is 23.7 Å². The zero-order valence-corrected chi connectivity index (χ0v) is 20.3. The number of hydrogen-bond acceptors (Lipinski definition) is 6. The highest BCUT2D eigenvalue weighted by atomic mass is 16.5. The summed E-state index contributed by atoms with van der Waals surface area (Å²) in [6, 6.07) is 12.8. The van der Waals surface area contributed by atoms with Crippen LogP contribution in [0.1, 0.15) is 50.7 Å². The molecule has 2 aromatic heterocycles. The van der Waals surface area contributed by atoms with Crippen molar-refractivity contribution in [3.63, 3.8) is 0 Å². The average molecular weight is 491 g/mol. The van der Waals surface area contributed by atoms with Gasteiger partial charge in [0, 0.05) is 29.8 Å². The molecule has 0 unspecified atom stereocenters. The number of aromatic nitrogens is 4. The van der Waals surface area contributed by atoms with E-state index >= 15 is 0 Å². The average Bonchev–Trinajstić information content (AvgIpc) is 3.62. The van der Waals surface area contributed by atoms with Gasteiger partial charge in [-0.3, -0.25) is 14.5 Å². The molecule has 1 fully saturated rings. The zero-order chi connectivity index (χ0) is 25.7. The SMILES string of the molecule is [C-]#[N+]c1ccc(-c2cc(C3CC3)nc(N3Cc4cc(OC)c(C=O)cc4C3=O)c2)c(-c2nncn2C)c1. The van der Waals surface area contributed by atoms with Crippen molar-refractivity contribution in [2.75, 3.05) is 12.0 Å². The Morgan fingerprint density at radius 3 is 2.62 bits per heavy atom. The number of benzene rings is 2. The lowest BCUT2D eigenvalue weighted by Gasteiger charge is -2.18. The van der Waals surface area contributed by atoms with E-state index in [0.29, 0.717) is 53.0 Å². The van der Waals surface area contributed by atoms with Gasteiger partial charge in [-0.1, -0.05) is 12.1 Å². The molecule has 0 N–H and O–H groups in total. The number of methoxy groups -OCH3 is 1. The van der Waals surface area contributed by atoms with Crippen molar-refractivity contribution in [1.82, 2.24) is 19.7 Å². The molecule has 3 heterocycles. The van der Waals surface area contributed by atoms with Gasteiger partial charge in [-0.05, 0) is 59.9 Å². The van der Waals surface area contributed by atoms with E-state index in [1.807, 2.05) is 29.8 Å². The Morgan fingerprint density at radius 1 is 1.11 bits per heavy atom. The van der Waals surface area contributed by atoms with Crippen LogP contribution in [0.5, 0.6) is 5.75 Å². The minimum atomic E-state index is -0.205. The van der Waals surface area contributed by atoms with Gasteiger partial charge < -0.3 is 9.30 Å². The van der Waals surface area contributed by atoms with Gasteiger partial charge in [-0.15, -0.1) is 10.2 Å². The van der Waals surface area contributed by atoms with Crippen LogP contribution in [0.2, 0.25) is 0 Å². The maximum absolute atomic E-state index is 13.5. The molecule has 2 aromatic carbocycles. The molecule has 0 spiro atoms. The highest BCUT2D eigenvalue weighted by molar-refractivity contribution is 6.10. The summed E-state index contributed by atoms with van der Waals surface area (Å²) in [5.74, 6) is 1.78. The number of carbonyl (C=O) groups excluding carboxylic acids is 2. The van der Waals surface area contributed by atoms with E-state index in [2.05, 4.69) is 21.1 Å². The molecule has 1 amide bonds. The molecule has 9 nitrogen and oxygen atoms in total. The number of hydrogen-bond donors (Lipinski definition) is 0. The third kappa shape index (κ3) is 3.83. The van der Waals surface area contributed by atoms with E-state index in [-0.39, 0.29) is 5.91 Å². The Kier molecular flexibility index (Phi) is 5.30. The number of fused-ring (bicyclic) bond motifs is 1. The highest BCUT2D eigenvalue weighted by Crippen LogP contribution is 2.43. The molecule has 1 aliphatic heterocycles. The van der Waals surface area contributed by atoms with Crippen LogP contribution in [-0.2, 0) is 13.6 Å². The Labute approximate surface area is 213 Å². The van der Waals surface area contributed by atoms with Crippen LogP contribution in [0.4, 0.5) is 11.5 Å². The fraction of sp³-hybridized carbons (Fsp3) is 0.214. The van der Waals surface area contributed by atoms with Crippen molar-refractivity contribution < 1.29 is 14.3 Å². The molecule has 6 rings (SSSR count). The quantitative estimate of drug-likeness (QED) is 0.280.